The molecule has 1 fully saturated rings. The van der Waals surface area contributed by atoms with Crippen LogP contribution in [0, 0.1) is 0 Å². The number of urea groups is 1. The number of hydrogen-bond acceptors (Lipinski definition) is 5. The van der Waals surface area contributed by atoms with Gasteiger partial charge in [0, 0.05) is 10.0 Å². The number of nitrogens with zero attached hydrogens (tertiary/aromatic N) is 1. The average molecular weight is 445 g/mol. The smallest absolute Gasteiger partial charge is 0.335 e. The summed E-state index contributed by atoms with van der Waals surface area (Å²) in [4.78, 5) is 49.1. The lowest BCUT2D eigenvalue weighted by Gasteiger charge is -2.26. The molecule has 0 saturated carbocycles. The molecule has 2 N–H and O–H groups in total. The Kier molecular flexibility index (Phi) is 5.27. The van der Waals surface area contributed by atoms with E-state index < -0.39 is 23.8 Å². The van der Waals surface area contributed by atoms with E-state index in [0.717, 1.165) is 4.90 Å². The first kappa shape index (κ1) is 19.3. The number of halogens is 1. The average Bonchev–Trinajstić information content (AvgIpc) is 2.65. The van der Waals surface area contributed by atoms with Crippen LogP contribution >= 0.6 is 15.9 Å². The van der Waals surface area contributed by atoms with Gasteiger partial charge in [0.15, 0.2) is 0 Å². The number of carbonyl (C=O) groups is 4. The second kappa shape index (κ2) is 7.65. The molecule has 1 aliphatic heterocycles. The predicted octanol–water partition coefficient (Wildman–Crippen LogP) is 2.82. The van der Waals surface area contributed by atoms with Gasteiger partial charge in [0.05, 0.1) is 18.4 Å². The van der Waals surface area contributed by atoms with E-state index in [1.165, 1.54) is 37.5 Å². The second-order valence-electron chi connectivity index (χ2n) is 5.70. The van der Waals surface area contributed by atoms with Crippen LogP contribution in [0.4, 0.5) is 10.5 Å². The van der Waals surface area contributed by atoms with Crippen molar-refractivity contribution in [3.63, 3.8) is 0 Å². The van der Waals surface area contributed by atoms with Crippen molar-refractivity contribution in [1.82, 2.24) is 5.32 Å². The van der Waals surface area contributed by atoms with Gasteiger partial charge in [-0.1, -0.05) is 15.9 Å². The van der Waals surface area contributed by atoms with Crippen LogP contribution in [-0.4, -0.2) is 36.0 Å². The van der Waals surface area contributed by atoms with E-state index in [0.29, 0.717) is 15.8 Å². The molecule has 0 atom stereocenters. The van der Waals surface area contributed by atoms with E-state index in [-0.39, 0.29) is 16.8 Å². The summed E-state index contributed by atoms with van der Waals surface area (Å²) in [5.41, 5.74) is 0.329. The first-order valence-electron chi connectivity index (χ1n) is 7.90. The number of benzene rings is 2. The molecule has 1 heterocycles. The normalized spacial score (nSPS) is 15.6. The monoisotopic (exact) mass is 444 g/mol. The predicted molar refractivity (Wildman–Crippen MR) is 103 cm³/mol. The number of ether oxygens (including phenoxy) is 1. The second-order valence-corrected chi connectivity index (χ2v) is 6.61. The Morgan fingerprint density at radius 3 is 2.43 bits per heavy atom. The topological polar surface area (TPSA) is 113 Å². The molecule has 1 saturated heterocycles. The summed E-state index contributed by atoms with van der Waals surface area (Å²) in [6, 6.07) is 9.29. The van der Waals surface area contributed by atoms with Gasteiger partial charge in [-0.05, 0) is 48.5 Å². The molecule has 0 spiro atoms. The summed E-state index contributed by atoms with van der Waals surface area (Å²) in [5, 5.41) is 11.1. The number of nitrogens with one attached hydrogen (secondary N) is 1. The zero-order valence-corrected chi connectivity index (χ0v) is 16.0. The van der Waals surface area contributed by atoms with Crippen LogP contribution in [0.1, 0.15) is 15.9 Å². The van der Waals surface area contributed by atoms with Gasteiger partial charge in [-0.25, -0.2) is 14.5 Å². The number of methoxy groups -OCH3 is 1. The molecule has 3 rings (SSSR count). The van der Waals surface area contributed by atoms with Gasteiger partial charge in [-0.3, -0.25) is 14.9 Å². The number of carboxylic acids is 1. The van der Waals surface area contributed by atoms with E-state index in [2.05, 4.69) is 21.2 Å². The molecule has 0 unspecified atom stereocenters. The third-order valence-corrected chi connectivity index (χ3v) is 4.46. The highest BCUT2D eigenvalue weighted by Crippen LogP contribution is 2.27. The van der Waals surface area contributed by atoms with Gasteiger partial charge in [0.25, 0.3) is 11.8 Å². The van der Waals surface area contributed by atoms with Gasteiger partial charge in [0.1, 0.15) is 11.3 Å². The van der Waals surface area contributed by atoms with E-state index in [9.17, 15) is 19.2 Å². The molecule has 8 nitrogen and oxygen atoms in total. The first-order valence-corrected chi connectivity index (χ1v) is 8.69. The minimum atomic E-state index is -1.14. The van der Waals surface area contributed by atoms with Crippen LogP contribution in [0.3, 0.4) is 0 Å². The lowest BCUT2D eigenvalue weighted by molar-refractivity contribution is -0.122. The Morgan fingerprint density at radius 1 is 1.14 bits per heavy atom. The minimum Gasteiger partial charge on any atom is -0.496 e. The van der Waals surface area contributed by atoms with Crippen LogP contribution < -0.4 is 15.0 Å². The fraction of sp³-hybridized carbons (Fsp3) is 0.0526. The standard InChI is InChI=1S/C19H13BrN2O6/c1-28-15-7-4-12(20)8-11(15)9-14-16(23)21-19(27)22(17(14)24)13-5-2-10(3-6-13)18(25)26/h2-9H,1H3,(H,25,26)(H,21,23,27)/b14-9+. The number of hydrogen-bond donors (Lipinski definition) is 2. The largest absolute Gasteiger partial charge is 0.496 e. The molecule has 0 bridgehead atoms. The molecule has 9 heteroatoms. The molecule has 1 aliphatic rings. The van der Waals surface area contributed by atoms with Crippen LogP contribution in [0.5, 0.6) is 5.75 Å². The van der Waals surface area contributed by atoms with Crippen LogP contribution in [-0.2, 0) is 9.59 Å². The summed E-state index contributed by atoms with van der Waals surface area (Å²) in [7, 11) is 1.45. The van der Waals surface area contributed by atoms with Gasteiger partial charge in [0.2, 0.25) is 0 Å². The number of aromatic carboxylic acids is 1. The molecule has 28 heavy (non-hydrogen) atoms. The fourth-order valence-electron chi connectivity index (χ4n) is 2.62. The molecular weight excluding hydrogens is 432 g/mol. The van der Waals surface area contributed by atoms with Gasteiger partial charge in [-0.2, -0.15) is 0 Å². The summed E-state index contributed by atoms with van der Waals surface area (Å²) < 4.78 is 5.95. The summed E-state index contributed by atoms with van der Waals surface area (Å²) in [6.45, 7) is 0. The molecule has 0 aliphatic carbocycles. The maximum atomic E-state index is 12.9. The van der Waals surface area contributed by atoms with Crippen molar-refractivity contribution in [3.8, 4) is 5.75 Å². The van der Waals surface area contributed by atoms with Crippen molar-refractivity contribution >= 4 is 51.5 Å². The van der Waals surface area contributed by atoms with Gasteiger partial charge < -0.3 is 9.84 Å². The quantitative estimate of drug-likeness (QED) is 0.553. The highest BCUT2D eigenvalue weighted by atomic mass is 79.9. The van der Waals surface area contributed by atoms with Crippen molar-refractivity contribution in [2.75, 3.05) is 12.0 Å². The van der Waals surface area contributed by atoms with Crippen molar-refractivity contribution in [2.24, 2.45) is 0 Å². The summed E-state index contributed by atoms with van der Waals surface area (Å²) in [6.07, 6.45) is 1.33. The van der Waals surface area contributed by atoms with E-state index in [1.54, 1.807) is 18.2 Å². The van der Waals surface area contributed by atoms with Crippen molar-refractivity contribution in [3.05, 3.63) is 63.6 Å². The Balaban J connectivity index is 2.03. The Hall–Kier alpha value is -3.46. The third-order valence-electron chi connectivity index (χ3n) is 3.97. The molecule has 2 aromatic rings. The number of imide groups is 2. The first-order chi connectivity index (χ1) is 13.3. The van der Waals surface area contributed by atoms with Crippen LogP contribution in [0.25, 0.3) is 6.08 Å². The van der Waals surface area contributed by atoms with Gasteiger partial charge in [-0.15, -0.1) is 0 Å². The van der Waals surface area contributed by atoms with Crippen LogP contribution in [0.2, 0.25) is 0 Å². The SMILES string of the molecule is COc1ccc(Br)cc1/C=C1\C(=O)NC(=O)N(c2ccc(C(=O)O)cc2)C1=O. The lowest BCUT2D eigenvalue weighted by Crippen LogP contribution is -2.54. The number of anilines is 1. The number of amides is 4. The molecule has 2 aromatic carbocycles. The van der Waals surface area contributed by atoms with Crippen LogP contribution in [0.15, 0.2) is 52.5 Å². The number of barbiturate groups is 1. The number of carboxylic acid groups (broad SMARTS) is 1. The van der Waals surface area contributed by atoms with E-state index in [1.807, 2.05) is 0 Å². The summed E-state index contributed by atoms with van der Waals surface area (Å²) in [5.74, 6) is -2.38. The molecular formula is C19H13BrN2O6. The minimum absolute atomic E-state index is 0.000620. The molecule has 0 aromatic heterocycles. The third kappa shape index (κ3) is 3.65. The lowest BCUT2D eigenvalue weighted by atomic mass is 10.1. The maximum Gasteiger partial charge on any atom is 0.335 e. The number of carbonyl (C=O) groups excluding carboxylic acids is 3. The Bertz CT molecular complexity index is 1030. The zero-order chi connectivity index (χ0) is 20.4. The maximum absolute atomic E-state index is 12.9. The molecule has 4 amide bonds. The van der Waals surface area contributed by atoms with Crippen molar-refractivity contribution in [2.45, 2.75) is 0 Å². The highest BCUT2D eigenvalue weighted by molar-refractivity contribution is 9.10. The van der Waals surface area contributed by atoms with Crippen molar-refractivity contribution < 1.29 is 29.0 Å². The van der Waals surface area contributed by atoms with E-state index >= 15 is 0 Å². The summed E-state index contributed by atoms with van der Waals surface area (Å²) >= 11 is 3.31. The Labute approximate surface area is 167 Å². The zero-order valence-electron chi connectivity index (χ0n) is 14.4. The van der Waals surface area contributed by atoms with Crippen molar-refractivity contribution in [1.29, 1.82) is 0 Å². The van der Waals surface area contributed by atoms with Gasteiger partial charge >= 0.3 is 12.0 Å². The fourth-order valence-corrected chi connectivity index (χ4v) is 3.00. The molecule has 142 valence electrons. The Morgan fingerprint density at radius 2 is 1.82 bits per heavy atom. The number of rotatable bonds is 4. The van der Waals surface area contributed by atoms with E-state index in [4.69, 9.17) is 9.84 Å². The highest BCUT2D eigenvalue weighted by Gasteiger charge is 2.37. The molecule has 0 radical (unpaired) electrons.